The van der Waals surface area contributed by atoms with E-state index in [9.17, 15) is 4.79 Å². The minimum absolute atomic E-state index is 0.120. The maximum absolute atomic E-state index is 13.0. The lowest BCUT2D eigenvalue weighted by Gasteiger charge is -2.56. The molecule has 4 heterocycles. The summed E-state index contributed by atoms with van der Waals surface area (Å²) in [6.07, 6.45) is 2.27. The zero-order valence-corrected chi connectivity index (χ0v) is 16.9. The number of amides is 1. The van der Waals surface area contributed by atoms with Crippen LogP contribution in [0.4, 0.5) is 4.79 Å². The lowest BCUT2D eigenvalue weighted by Crippen LogP contribution is -2.69. The summed E-state index contributed by atoms with van der Waals surface area (Å²) in [4.78, 5) is 18.7. The van der Waals surface area contributed by atoms with Crippen molar-refractivity contribution >= 4 is 17.0 Å². The molecule has 0 bridgehead atoms. The van der Waals surface area contributed by atoms with Crippen molar-refractivity contribution in [3.63, 3.8) is 0 Å². The summed E-state index contributed by atoms with van der Waals surface area (Å²) >= 11 is 0. The Morgan fingerprint density at radius 1 is 1.04 bits per heavy atom. The number of H-pyrrole nitrogens is 1. The molecule has 0 saturated carbocycles. The predicted octanol–water partition coefficient (Wildman–Crippen LogP) is 4.07. The molecule has 2 N–H and O–H groups in total. The molecule has 0 aliphatic carbocycles. The fourth-order valence-electron chi connectivity index (χ4n) is 6.44. The number of hydrogen-bond donors (Lipinski definition) is 2. The summed E-state index contributed by atoms with van der Waals surface area (Å²) in [5, 5.41) is 5.01. The predicted molar refractivity (Wildman–Crippen MR) is 106 cm³/mol. The zero-order valence-electron chi connectivity index (χ0n) is 16.9. The van der Waals surface area contributed by atoms with E-state index < -0.39 is 11.1 Å². The van der Waals surface area contributed by atoms with Gasteiger partial charge in [0, 0.05) is 47.1 Å². The second-order valence-corrected chi connectivity index (χ2v) is 10.1. The first-order valence-electron chi connectivity index (χ1n) is 9.97. The van der Waals surface area contributed by atoms with Crippen LogP contribution in [0.2, 0.25) is 0 Å². The summed E-state index contributed by atoms with van der Waals surface area (Å²) in [5.74, 6) is 0. The molecular formula is C22H29N3O2. The standard InChI is InChI=1S/C22H29N3O2/c1-19(2)12-22(13-20(3,4)24-19)21(5)17-15(10-11-25(21)18(26)27-22)14-8-6-7-9-16(14)23-17/h6-9,23-24H,10-13H2,1-5H3/t21-/m1/s1. The van der Waals surface area contributed by atoms with Gasteiger partial charge in [0.2, 0.25) is 0 Å². The molecule has 144 valence electrons. The Kier molecular flexibility index (Phi) is 3.09. The number of carbonyl (C=O) groups is 1. The number of benzene rings is 1. The second kappa shape index (κ2) is 4.88. The highest BCUT2D eigenvalue weighted by atomic mass is 16.6. The van der Waals surface area contributed by atoms with Crippen LogP contribution in [0.3, 0.4) is 0 Å². The Labute approximate surface area is 160 Å². The van der Waals surface area contributed by atoms with Gasteiger partial charge in [0.25, 0.3) is 0 Å². The van der Waals surface area contributed by atoms with Crippen molar-refractivity contribution in [3.8, 4) is 0 Å². The van der Waals surface area contributed by atoms with E-state index in [2.05, 4.69) is 69.2 Å². The van der Waals surface area contributed by atoms with Gasteiger partial charge in [0.1, 0.15) is 11.1 Å². The van der Waals surface area contributed by atoms with Crippen LogP contribution in [-0.2, 0) is 16.7 Å². The number of hydrogen-bond acceptors (Lipinski definition) is 3. The number of piperidine rings is 1. The van der Waals surface area contributed by atoms with Crippen LogP contribution in [0.25, 0.3) is 10.9 Å². The third-order valence-electron chi connectivity index (χ3n) is 6.95. The van der Waals surface area contributed by atoms with Gasteiger partial charge in [0.05, 0.1) is 0 Å². The van der Waals surface area contributed by atoms with Crippen molar-refractivity contribution < 1.29 is 9.53 Å². The van der Waals surface area contributed by atoms with E-state index in [4.69, 9.17) is 4.74 Å². The first-order valence-corrected chi connectivity index (χ1v) is 9.97. The molecule has 1 amide bonds. The van der Waals surface area contributed by atoms with Crippen molar-refractivity contribution in [1.82, 2.24) is 15.2 Å². The second-order valence-electron chi connectivity index (χ2n) is 10.1. The number of para-hydroxylation sites is 1. The van der Waals surface area contributed by atoms with Crippen LogP contribution in [0.15, 0.2) is 24.3 Å². The molecule has 3 aliphatic heterocycles. The molecule has 2 fully saturated rings. The average Bonchev–Trinajstić information content (AvgIpc) is 2.99. The van der Waals surface area contributed by atoms with Gasteiger partial charge in [-0.15, -0.1) is 0 Å². The molecule has 27 heavy (non-hydrogen) atoms. The molecule has 1 aromatic heterocycles. The Hall–Kier alpha value is -2.01. The number of aromatic amines is 1. The molecule has 3 aliphatic rings. The summed E-state index contributed by atoms with van der Waals surface area (Å²) in [6, 6.07) is 8.47. The van der Waals surface area contributed by atoms with E-state index in [0.717, 1.165) is 30.5 Å². The zero-order chi connectivity index (χ0) is 19.2. The molecule has 0 radical (unpaired) electrons. The Balaban J connectivity index is 1.76. The quantitative estimate of drug-likeness (QED) is 0.738. The molecule has 2 saturated heterocycles. The van der Waals surface area contributed by atoms with Crippen molar-refractivity contribution in [1.29, 1.82) is 0 Å². The lowest BCUT2D eigenvalue weighted by atomic mass is 9.62. The highest BCUT2D eigenvalue weighted by Gasteiger charge is 2.69. The number of rotatable bonds is 0. The van der Waals surface area contributed by atoms with Crippen molar-refractivity contribution in [3.05, 3.63) is 35.5 Å². The molecule has 1 spiro atoms. The first kappa shape index (κ1) is 17.1. The van der Waals surface area contributed by atoms with Gasteiger partial charge in [-0.3, -0.25) is 4.90 Å². The van der Waals surface area contributed by atoms with E-state index in [1.165, 1.54) is 10.9 Å². The smallest absolute Gasteiger partial charge is 0.411 e. The number of aromatic nitrogens is 1. The summed E-state index contributed by atoms with van der Waals surface area (Å²) in [5.41, 5.74) is 2.36. The van der Waals surface area contributed by atoms with Crippen LogP contribution in [0, 0.1) is 0 Å². The highest BCUT2D eigenvalue weighted by Crippen LogP contribution is 2.58. The van der Waals surface area contributed by atoms with Crippen LogP contribution in [-0.4, -0.2) is 39.2 Å². The fraction of sp³-hybridized carbons (Fsp3) is 0.591. The Morgan fingerprint density at radius 2 is 1.70 bits per heavy atom. The third kappa shape index (κ3) is 2.12. The summed E-state index contributed by atoms with van der Waals surface area (Å²) in [7, 11) is 0. The fourth-order valence-corrected chi connectivity index (χ4v) is 6.44. The average molecular weight is 367 g/mol. The van der Waals surface area contributed by atoms with Crippen molar-refractivity contribution in [2.45, 2.75) is 76.1 Å². The van der Waals surface area contributed by atoms with Crippen LogP contribution in [0.5, 0.6) is 0 Å². The molecular weight excluding hydrogens is 338 g/mol. The van der Waals surface area contributed by atoms with Gasteiger partial charge in [-0.25, -0.2) is 4.79 Å². The van der Waals surface area contributed by atoms with E-state index in [1.807, 2.05) is 4.90 Å². The minimum atomic E-state index is -0.557. The molecule has 5 rings (SSSR count). The maximum atomic E-state index is 13.0. The normalized spacial score (nSPS) is 30.3. The summed E-state index contributed by atoms with van der Waals surface area (Å²) in [6.45, 7) is 11.8. The van der Waals surface area contributed by atoms with Crippen LogP contribution in [0.1, 0.15) is 58.7 Å². The van der Waals surface area contributed by atoms with Gasteiger partial charge in [-0.05, 0) is 52.7 Å². The third-order valence-corrected chi connectivity index (χ3v) is 6.95. The first-order chi connectivity index (χ1) is 12.6. The number of carbonyl (C=O) groups excluding carboxylic acids is 1. The van der Waals surface area contributed by atoms with Crippen LogP contribution >= 0.6 is 0 Å². The Morgan fingerprint density at radius 3 is 2.41 bits per heavy atom. The molecule has 5 nitrogen and oxygen atoms in total. The monoisotopic (exact) mass is 367 g/mol. The molecule has 1 atom stereocenters. The Bertz CT molecular complexity index is 942. The molecule has 5 heteroatoms. The van der Waals surface area contributed by atoms with E-state index >= 15 is 0 Å². The topological polar surface area (TPSA) is 57.4 Å². The number of nitrogens with zero attached hydrogens (tertiary/aromatic N) is 1. The maximum Gasteiger partial charge on any atom is 0.411 e. The van der Waals surface area contributed by atoms with E-state index in [0.29, 0.717) is 6.54 Å². The van der Waals surface area contributed by atoms with Crippen molar-refractivity contribution in [2.75, 3.05) is 6.54 Å². The number of fused-ring (bicyclic) bond motifs is 6. The van der Waals surface area contributed by atoms with Gasteiger partial charge in [-0.1, -0.05) is 18.2 Å². The van der Waals surface area contributed by atoms with Gasteiger partial charge >= 0.3 is 6.09 Å². The minimum Gasteiger partial charge on any atom is -0.440 e. The molecule has 1 aromatic carbocycles. The molecule has 0 unspecified atom stereocenters. The summed E-state index contributed by atoms with van der Waals surface area (Å²) < 4.78 is 6.29. The number of ether oxygens (including phenoxy) is 1. The van der Waals surface area contributed by atoms with Gasteiger partial charge < -0.3 is 15.0 Å². The largest absolute Gasteiger partial charge is 0.440 e. The van der Waals surface area contributed by atoms with Crippen molar-refractivity contribution in [2.24, 2.45) is 0 Å². The van der Waals surface area contributed by atoms with Gasteiger partial charge in [-0.2, -0.15) is 0 Å². The number of nitrogens with one attached hydrogen (secondary N) is 2. The lowest BCUT2D eigenvalue weighted by molar-refractivity contribution is -0.0917. The van der Waals surface area contributed by atoms with Crippen LogP contribution < -0.4 is 5.32 Å². The molecule has 2 aromatic rings. The SMILES string of the molecule is CC1(C)CC2(CC(C)(C)N1)OC(=O)N1CCc3c([nH]c4ccccc34)[C@@]12C. The van der Waals surface area contributed by atoms with E-state index in [-0.39, 0.29) is 17.2 Å². The highest BCUT2D eigenvalue weighted by molar-refractivity contribution is 5.87. The van der Waals surface area contributed by atoms with E-state index in [1.54, 1.807) is 0 Å². The van der Waals surface area contributed by atoms with Gasteiger partial charge in [0.15, 0.2) is 0 Å².